The van der Waals surface area contributed by atoms with Crippen LogP contribution in [0.1, 0.15) is 51.4 Å². The van der Waals surface area contributed by atoms with Crippen molar-refractivity contribution in [1.29, 1.82) is 0 Å². The average molecular weight is 411 g/mol. The second kappa shape index (κ2) is 13.7. The van der Waals surface area contributed by atoms with Gasteiger partial charge in [-0.15, -0.1) is 0 Å². The second-order valence-corrected chi connectivity index (χ2v) is 4.20. The molecule has 0 fully saturated rings. The Morgan fingerprint density at radius 2 is 0.412 bits per heavy atom. The van der Waals surface area contributed by atoms with E-state index in [-0.39, 0.29) is 21.1 Å². The minimum Gasteiger partial charge on any atom is -0.0882 e. The van der Waals surface area contributed by atoms with Crippen molar-refractivity contribution in [3.05, 3.63) is 48.6 Å². The molecule has 0 aliphatic heterocycles. The Labute approximate surface area is 121 Å². The third kappa shape index (κ3) is 11.9. The van der Waals surface area contributed by atoms with E-state index in [0.29, 0.717) is 0 Å². The second-order valence-electron chi connectivity index (χ2n) is 4.20. The number of rotatable bonds is 0. The summed E-state index contributed by atoms with van der Waals surface area (Å²) in [6.45, 7) is 0. The van der Waals surface area contributed by atoms with Crippen LogP contribution in [0.2, 0.25) is 0 Å². The molecule has 0 unspecified atom stereocenters. The van der Waals surface area contributed by atoms with Crippen molar-refractivity contribution in [2.45, 2.75) is 51.4 Å². The number of hydrogen-bond donors (Lipinski definition) is 0. The van der Waals surface area contributed by atoms with E-state index in [1.165, 1.54) is 51.4 Å². The molecule has 0 aromatic rings. The minimum atomic E-state index is 0. The molecular weight excluding hydrogens is 387 g/mol. The Balaban J connectivity index is 0.000000284. The molecule has 0 N–H and O–H groups in total. The summed E-state index contributed by atoms with van der Waals surface area (Å²) in [5.41, 5.74) is 0. The van der Waals surface area contributed by atoms with Crippen LogP contribution >= 0.6 is 0 Å². The van der Waals surface area contributed by atoms with Crippen molar-refractivity contribution in [2.75, 3.05) is 0 Å². The van der Waals surface area contributed by atoms with Gasteiger partial charge in [-0.05, 0) is 51.4 Å². The molecule has 0 saturated heterocycles. The van der Waals surface area contributed by atoms with Gasteiger partial charge < -0.3 is 0 Å². The van der Waals surface area contributed by atoms with Crippen molar-refractivity contribution >= 4 is 0 Å². The monoisotopic (exact) mass is 411 g/mol. The van der Waals surface area contributed by atoms with Gasteiger partial charge in [0.15, 0.2) is 0 Å². The smallest absolute Gasteiger partial charge is 0 e. The summed E-state index contributed by atoms with van der Waals surface area (Å²) >= 11 is 0. The molecule has 1 heteroatoms. The van der Waals surface area contributed by atoms with Crippen molar-refractivity contribution in [2.24, 2.45) is 0 Å². The zero-order chi connectivity index (χ0) is 11.3. The average Bonchev–Trinajstić information content (AvgIpc) is 2.15. The number of hydrogen-bond acceptors (Lipinski definition) is 0. The van der Waals surface area contributed by atoms with Crippen LogP contribution in [0, 0.1) is 0 Å². The Morgan fingerprint density at radius 3 is 0.529 bits per heavy atom. The predicted octanol–water partition coefficient (Wildman–Crippen LogP) is 5.34. The zero-order valence-corrected chi connectivity index (χ0v) is 12.9. The Bertz CT molecular complexity index is 179. The summed E-state index contributed by atoms with van der Waals surface area (Å²) in [6, 6.07) is 0. The molecule has 0 aromatic heterocycles. The van der Waals surface area contributed by atoms with Gasteiger partial charge in [0.2, 0.25) is 0 Å². The molecule has 0 amide bonds. The van der Waals surface area contributed by atoms with Crippen molar-refractivity contribution < 1.29 is 21.1 Å². The summed E-state index contributed by atoms with van der Waals surface area (Å²) in [6.07, 6.45) is 28.0. The summed E-state index contributed by atoms with van der Waals surface area (Å²) in [5.74, 6) is 0. The quantitative estimate of drug-likeness (QED) is 0.472. The van der Waals surface area contributed by atoms with Crippen molar-refractivity contribution in [3.63, 3.8) is 0 Å². The first kappa shape index (κ1) is 16.6. The van der Waals surface area contributed by atoms with Crippen LogP contribution in [0.3, 0.4) is 0 Å². The third-order valence-corrected chi connectivity index (χ3v) is 2.67. The fourth-order valence-electron chi connectivity index (χ4n) is 1.71. The Morgan fingerprint density at radius 1 is 0.294 bits per heavy atom. The molecule has 0 aromatic carbocycles. The van der Waals surface area contributed by atoms with E-state index >= 15 is 0 Å². The van der Waals surface area contributed by atoms with Gasteiger partial charge in [-0.1, -0.05) is 48.6 Å². The topological polar surface area (TPSA) is 0 Å². The fourth-order valence-corrected chi connectivity index (χ4v) is 1.71. The zero-order valence-electron chi connectivity index (χ0n) is 10.6. The predicted molar refractivity (Wildman–Crippen MR) is 73.5 cm³/mol. The molecule has 2 aliphatic carbocycles. The first-order chi connectivity index (χ1) is 8.00. The first-order valence-corrected chi connectivity index (χ1v) is 6.60. The maximum atomic E-state index is 2.27. The molecule has 0 atom stereocenters. The van der Waals surface area contributed by atoms with Gasteiger partial charge >= 0.3 is 0 Å². The van der Waals surface area contributed by atoms with Crippen LogP contribution in [0.5, 0.6) is 0 Å². The molecule has 2 rings (SSSR count). The van der Waals surface area contributed by atoms with E-state index in [0.717, 1.165) is 0 Å². The van der Waals surface area contributed by atoms with E-state index in [1.54, 1.807) is 0 Å². The molecule has 0 saturated carbocycles. The van der Waals surface area contributed by atoms with Crippen LogP contribution in [0.25, 0.3) is 0 Å². The molecule has 0 heterocycles. The maximum Gasteiger partial charge on any atom is 0 e. The van der Waals surface area contributed by atoms with Gasteiger partial charge in [0, 0.05) is 21.1 Å². The Hall–Kier alpha value is -0.352. The standard InChI is InChI=1S/2C8H12.Pt/c2*1-2-4-6-8-7-5-3-1;/h2*1-2,7-8H,3-6H2;/b2*2-1-,8-7-;. The van der Waals surface area contributed by atoms with E-state index in [1.807, 2.05) is 0 Å². The SMILES string of the molecule is C1=C\CC/C=C\CC/1.C1=C\CC/C=C\CC/1.[Pt]. The van der Waals surface area contributed by atoms with Gasteiger partial charge in [-0.3, -0.25) is 0 Å². The van der Waals surface area contributed by atoms with Crippen LogP contribution < -0.4 is 0 Å². The van der Waals surface area contributed by atoms with E-state index < -0.39 is 0 Å². The fraction of sp³-hybridized carbons (Fsp3) is 0.500. The Kier molecular flexibility index (Phi) is 13.4. The molecule has 2 aliphatic rings. The summed E-state index contributed by atoms with van der Waals surface area (Å²) < 4.78 is 0. The van der Waals surface area contributed by atoms with Crippen molar-refractivity contribution in [3.8, 4) is 0 Å². The first-order valence-electron chi connectivity index (χ1n) is 6.60. The molecule has 98 valence electrons. The van der Waals surface area contributed by atoms with Gasteiger partial charge in [-0.2, -0.15) is 0 Å². The molecule has 0 bridgehead atoms. The van der Waals surface area contributed by atoms with E-state index in [9.17, 15) is 0 Å². The largest absolute Gasteiger partial charge is 0.0882 e. The number of allylic oxidation sites excluding steroid dienone is 8. The van der Waals surface area contributed by atoms with Gasteiger partial charge in [0.25, 0.3) is 0 Å². The molecule has 17 heavy (non-hydrogen) atoms. The molecule has 0 spiro atoms. The van der Waals surface area contributed by atoms with Crippen LogP contribution in [-0.4, -0.2) is 0 Å². The van der Waals surface area contributed by atoms with Crippen LogP contribution in [-0.2, 0) is 21.1 Å². The van der Waals surface area contributed by atoms with Gasteiger partial charge in [0.05, 0.1) is 0 Å². The third-order valence-electron chi connectivity index (χ3n) is 2.67. The van der Waals surface area contributed by atoms with E-state index in [2.05, 4.69) is 48.6 Å². The maximum absolute atomic E-state index is 2.27. The summed E-state index contributed by atoms with van der Waals surface area (Å²) in [4.78, 5) is 0. The molecule has 0 radical (unpaired) electrons. The van der Waals surface area contributed by atoms with Gasteiger partial charge in [-0.25, -0.2) is 0 Å². The van der Waals surface area contributed by atoms with Crippen molar-refractivity contribution in [1.82, 2.24) is 0 Å². The molecule has 0 nitrogen and oxygen atoms in total. The molecular formula is C16H24Pt. The van der Waals surface area contributed by atoms with Gasteiger partial charge in [0.1, 0.15) is 0 Å². The minimum absolute atomic E-state index is 0. The summed E-state index contributed by atoms with van der Waals surface area (Å²) in [7, 11) is 0. The van der Waals surface area contributed by atoms with Crippen LogP contribution in [0.4, 0.5) is 0 Å². The van der Waals surface area contributed by atoms with E-state index in [4.69, 9.17) is 0 Å². The normalized spacial score (nSPS) is 26.4. The summed E-state index contributed by atoms with van der Waals surface area (Å²) in [5, 5.41) is 0. The van der Waals surface area contributed by atoms with Crippen LogP contribution in [0.15, 0.2) is 48.6 Å².